The van der Waals surface area contributed by atoms with Crippen LogP contribution in [0.25, 0.3) is 10.4 Å². The van der Waals surface area contributed by atoms with Gasteiger partial charge in [0.2, 0.25) is 5.91 Å². The third-order valence-corrected chi connectivity index (χ3v) is 5.53. The van der Waals surface area contributed by atoms with E-state index in [2.05, 4.69) is 5.32 Å². The van der Waals surface area contributed by atoms with E-state index < -0.39 is 11.4 Å². The molecule has 0 bridgehead atoms. The fourth-order valence-corrected chi connectivity index (χ4v) is 3.74. The van der Waals surface area contributed by atoms with Gasteiger partial charge >= 0.3 is 0 Å². The van der Waals surface area contributed by atoms with Crippen molar-refractivity contribution in [1.29, 1.82) is 10.7 Å². The molecule has 2 N–H and O–H groups in total. The van der Waals surface area contributed by atoms with E-state index in [4.69, 9.17) is 10.7 Å². The maximum absolute atomic E-state index is 13.5. The highest BCUT2D eigenvalue weighted by atomic mass is 32.1. The smallest absolute Gasteiger partial charge is 0.231 e. The van der Waals surface area contributed by atoms with Crippen LogP contribution < -0.4 is 5.32 Å². The predicted molar refractivity (Wildman–Crippen MR) is 90.0 cm³/mol. The second-order valence-electron chi connectivity index (χ2n) is 5.91. The van der Waals surface area contributed by atoms with E-state index in [0.29, 0.717) is 0 Å². The molecule has 122 valence electrons. The fraction of sp³-hybridized carbons (Fsp3) is 0.235. The number of nitriles is 1. The summed E-state index contributed by atoms with van der Waals surface area (Å²) in [5, 5.41) is 19.9. The van der Waals surface area contributed by atoms with Gasteiger partial charge in [0.05, 0.1) is 17.5 Å². The molecule has 5 nitrogen and oxygen atoms in total. The molecule has 1 aromatic heterocycles. The minimum atomic E-state index is -0.651. The molecule has 1 fully saturated rings. The molecule has 1 amide bonds. The van der Waals surface area contributed by atoms with Gasteiger partial charge in [0.1, 0.15) is 11.9 Å². The van der Waals surface area contributed by atoms with Crippen LogP contribution in [-0.2, 0) is 10.3 Å². The van der Waals surface area contributed by atoms with Crippen LogP contribution in [-0.4, -0.2) is 23.8 Å². The number of rotatable bonds is 2. The molecule has 1 aliphatic rings. The van der Waals surface area contributed by atoms with Crippen LogP contribution in [0.3, 0.4) is 0 Å². The van der Waals surface area contributed by atoms with Gasteiger partial charge in [-0.15, -0.1) is 11.3 Å². The molecule has 24 heavy (non-hydrogen) atoms. The highest BCUT2D eigenvalue weighted by Gasteiger charge is 2.38. The Morgan fingerprint density at radius 2 is 2.17 bits per heavy atom. The van der Waals surface area contributed by atoms with Gasteiger partial charge in [0.15, 0.2) is 5.96 Å². The summed E-state index contributed by atoms with van der Waals surface area (Å²) in [4.78, 5) is 15.1. The van der Waals surface area contributed by atoms with E-state index >= 15 is 0 Å². The molecule has 7 heteroatoms. The average Bonchev–Trinajstić information content (AvgIpc) is 3.04. The summed E-state index contributed by atoms with van der Waals surface area (Å²) in [7, 11) is 1.57. The highest BCUT2D eigenvalue weighted by Crippen LogP contribution is 2.37. The van der Waals surface area contributed by atoms with Gasteiger partial charge in [-0.3, -0.25) is 15.1 Å². The van der Waals surface area contributed by atoms with E-state index in [1.165, 1.54) is 28.4 Å². The van der Waals surface area contributed by atoms with Crippen LogP contribution in [0.2, 0.25) is 0 Å². The summed E-state index contributed by atoms with van der Waals surface area (Å²) in [6.07, 6.45) is 0.249. The summed E-state index contributed by atoms with van der Waals surface area (Å²) >= 11 is 1.46. The zero-order valence-electron chi connectivity index (χ0n) is 13.2. The van der Waals surface area contributed by atoms with Crippen molar-refractivity contribution in [2.75, 3.05) is 7.05 Å². The molecular formula is C17H15FN4OS. The summed E-state index contributed by atoms with van der Waals surface area (Å²) in [5.74, 6) is -0.594. The van der Waals surface area contributed by atoms with Crippen molar-refractivity contribution >= 4 is 23.2 Å². The Hall–Kier alpha value is -2.72. The van der Waals surface area contributed by atoms with Crippen molar-refractivity contribution in [1.82, 2.24) is 10.2 Å². The molecular weight excluding hydrogens is 327 g/mol. The van der Waals surface area contributed by atoms with Crippen LogP contribution in [0, 0.1) is 22.6 Å². The molecule has 1 saturated heterocycles. The molecule has 0 spiro atoms. The molecule has 3 rings (SSSR count). The van der Waals surface area contributed by atoms with Gasteiger partial charge in [0.25, 0.3) is 0 Å². The molecule has 0 radical (unpaired) electrons. The maximum atomic E-state index is 13.5. The second kappa shape index (κ2) is 5.73. The van der Waals surface area contributed by atoms with E-state index in [9.17, 15) is 9.18 Å². The number of nitrogens with one attached hydrogen (secondary N) is 2. The Labute approximate surface area is 142 Å². The standard InChI is InChI=1S/C17H15FN4OS/c1-17(8-15(23)22(2)16(20)21-17)14-6-5-13(24-14)10-3-4-12(18)11(7-10)9-19/h3-7H,8H2,1-2H3,(H2,20,21). The molecule has 1 aliphatic heterocycles. The van der Waals surface area contributed by atoms with E-state index in [-0.39, 0.29) is 23.9 Å². The highest BCUT2D eigenvalue weighted by molar-refractivity contribution is 7.15. The summed E-state index contributed by atoms with van der Waals surface area (Å²) in [5.41, 5.74) is 0.104. The zero-order valence-corrected chi connectivity index (χ0v) is 14.0. The lowest BCUT2D eigenvalue weighted by atomic mass is 9.93. The topological polar surface area (TPSA) is 80.0 Å². The van der Waals surface area contributed by atoms with E-state index in [1.807, 2.05) is 25.1 Å². The number of carbonyl (C=O) groups is 1. The number of guanidine groups is 1. The van der Waals surface area contributed by atoms with Crippen LogP contribution in [0.4, 0.5) is 4.39 Å². The molecule has 2 aromatic rings. The number of thiophene rings is 1. The molecule has 0 aliphatic carbocycles. The van der Waals surface area contributed by atoms with E-state index in [1.54, 1.807) is 13.1 Å². The van der Waals surface area contributed by atoms with Crippen molar-refractivity contribution in [2.24, 2.45) is 0 Å². The molecule has 1 aromatic carbocycles. The lowest BCUT2D eigenvalue weighted by Gasteiger charge is -2.38. The van der Waals surface area contributed by atoms with Crippen LogP contribution in [0.15, 0.2) is 30.3 Å². The Balaban J connectivity index is 1.95. The average molecular weight is 342 g/mol. The SMILES string of the molecule is CN1C(=N)NC(C)(c2ccc(-c3ccc(F)c(C#N)c3)s2)CC1=O. The zero-order chi connectivity index (χ0) is 17.5. The van der Waals surface area contributed by atoms with Crippen molar-refractivity contribution < 1.29 is 9.18 Å². The molecule has 1 unspecified atom stereocenters. The van der Waals surface area contributed by atoms with Gasteiger partial charge in [-0.1, -0.05) is 6.07 Å². The second-order valence-corrected chi connectivity index (χ2v) is 6.99. The first-order valence-corrected chi connectivity index (χ1v) is 8.09. The van der Waals surface area contributed by atoms with Crippen molar-refractivity contribution in [3.05, 3.63) is 46.6 Å². The normalized spacial score (nSPS) is 20.7. The summed E-state index contributed by atoms with van der Waals surface area (Å²) in [6.45, 7) is 1.88. The predicted octanol–water partition coefficient (Wildman–Crippen LogP) is 3.03. The van der Waals surface area contributed by atoms with Gasteiger partial charge < -0.3 is 5.32 Å². The van der Waals surface area contributed by atoms with Gasteiger partial charge in [-0.2, -0.15) is 5.26 Å². The maximum Gasteiger partial charge on any atom is 0.231 e. The van der Waals surface area contributed by atoms with Crippen molar-refractivity contribution in [3.63, 3.8) is 0 Å². The lowest BCUT2D eigenvalue weighted by Crippen LogP contribution is -2.57. The van der Waals surface area contributed by atoms with Gasteiger partial charge in [-0.25, -0.2) is 4.39 Å². The first-order valence-electron chi connectivity index (χ1n) is 7.28. The first kappa shape index (κ1) is 16.1. The largest absolute Gasteiger partial charge is 0.345 e. The number of halogens is 1. The summed E-state index contributed by atoms with van der Waals surface area (Å²) in [6, 6.07) is 10.0. The Kier molecular flexibility index (Phi) is 3.85. The van der Waals surface area contributed by atoms with Crippen molar-refractivity contribution in [3.8, 4) is 16.5 Å². The minimum Gasteiger partial charge on any atom is -0.345 e. The third kappa shape index (κ3) is 2.65. The Morgan fingerprint density at radius 3 is 2.83 bits per heavy atom. The number of nitrogens with zero attached hydrogens (tertiary/aromatic N) is 2. The fourth-order valence-electron chi connectivity index (χ4n) is 2.64. The number of amides is 1. The minimum absolute atomic E-state index is 0.00281. The number of hydrogen-bond donors (Lipinski definition) is 2. The Bertz CT molecular complexity index is 865. The molecule has 1 atom stereocenters. The van der Waals surface area contributed by atoms with Crippen LogP contribution in [0.1, 0.15) is 23.8 Å². The van der Waals surface area contributed by atoms with Gasteiger partial charge in [0, 0.05) is 16.8 Å². The Morgan fingerprint density at radius 1 is 1.42 bits per heavy atom. The number of carbonyl (C=O) groups excluding carboxylic acids is 1. The molecule has 2 heterocycles. The first-order chi connectivity index (χ1) is 11.3. The third-order valence-electron chi connectivity index (χ3n) is 4.13. The number of hydrogen-bond acceptors (Lipinski definition) is 4. The molecule has 0 saturated carbocycles. The quantitative estimate of drug-likeness (QED) is 0.880. The van der Waals surface area contributed by atoms with E-state index in [0.717, 1.165) is 15.3 Å². The lowest BCUT2D eigenvalue weighted by molar-refractivity contribution is -0.129. The van der Waals surface area contributed by atoms with Crippen molar-refractivity contribution in [2.45, 2.75) is 18.9 Å². The van der Waals surface area contributed by atoms with Crippen LogP contribution in [0.5, 0.6) is 0 Å². The van der Waals surface area contributed by atoms with Crippen LogP contribution >= 0.6 is 11.3 Å². The van der Waals surface area contributed by atoms with Gasteiger partial charge in [-0.05, 0) is 36.8 Å². The monoisotopic (exact) mass is 342 g/mol. The number of benzene rings is 1. The summed E-state index contributed by atoms with van der Waals surface area (Å²) < 4.78 is 13.5.